The van der Waals surface area contributed by atoms with Gasteiger partial charge in [-0.1, -0.05) is 0 Å². The van der Waals surface area contributed by atoms with Crippen LogP contribution in [-0.4, -0.2) is 60.2 Å². The molecule has 3 N–H and O–H groups in total. The Morgan fingerprint density at radius 1 is 1.21 bits per heavy atom. The molecule has 4 atom stereocenters. The average Bonchev–Trinajstić information content (AvgIpc) is 3.05. The minimum absolute atomic E-state index is 0.0114. The fraction of sp³-hybridized carbons (Fsp3) is 0.600. The monoisotopic (exact) mass is 391 g/mol. The zero-order valence-corrected chi connectivity index (χ0v) is 15.5. The van der Waals surface area contributed by atoms with Crippen LogP contribution in [0, 0.1) is 5.92 Å². The molecule has 152 valence electrons. The van der Waals surface area contributed by atoms with Crippen LogP contribution in [0.4, 0.5) is 5.69 Å². The molecule has 0 bridgehead atoms. The van der Waals surface area contributed by atoms with Crippen LogP contribution in [0.15, 0.2) is 18.2 Å². The number of carboxylic acid groups (broad SMARTS) is 1. The van der Waals surface area contributed by atoms with Gasteiger partial charge in [-0.15, -0.1) is 0 Å². The molecule has 4 rings (SSSR count). The molecule has 2 saturated heterocycles. The molecule has 1 aromatic carbocycles. The third-order valence-corrected chi connectivity index (χ3v) is 5.76. The van der Waals surface area contributed by atoms with Crippen molar-refractivity contribution in [3.63, 3.8) is 0 Å². The average molecular weight is 391 g/mol. The number of anilines is 1. The summed E-state index contributed by atoms with van der Waals surface area (Å²) in [7, 11) is 0. The molecule has 28 heavy (non-hydrogen) atoms. The number of aliphatic hydroxyl groups excluding tert-OH is 1. The summed E-state index contributed by atoms with van der Waals surface area (Å²) in [5.41, 5.74) is 1.62. The Bertz CT molecular complexity index is 746. The van der Waals surface area contributed by atoms with Gasteiger partial charge in [0.05, 0.1) is 19.1 Å². The van der Waals surface area contributed by atoms with Crippen LogP contribution in [0.3, 0.4) is 0 Å². The summed E-state index contributed by atoms with van der Waals surface area (Å²) in [6.45, 7) is 0.972. The lowest BCUT2D eigenvalue weighted by molar-refractivity contribution is -0.153. The van der Waals surface area contributed by atoms with Gasteiger partial charge < -0.3 is 29.7 Å². The van der Waals surface area contributed by atoms with E-state index in [4.69, 9.17) is 19.3 Å². The highest BCUT2D eigenvalue weighted by Crippen LogP contribution is 2.47. The molecule has 2 fully saturated rings. The summed E-state index contributed by atoms with van der Waals surface area (Å²) in [4.78, 5) is 23.6. The summed E-state index contributed by atoms with van der Waals surface area (Å²) in [5, 5.41) is 21.7. The van der Waals surface area contributed by atoms with Gasteiger partial charge in [-0.2, -0.15) is 0 Å². The highest BCUT2D eigenvalue weighted by atomic mass is 16.6. The van der Waals surface area contributed by atoms with Crippen LogP contribution in [0.1, 0.15) is 37.2 Å². The fourth-order valence-electron chi connectivity index (χ4n) is 4.37. The molecule has 0 saturated carbocycles. The van der Waals surface area contributed by atoms with E-state index in [2.05, 4.69) is 5.32 Å². The van der Waals surface area contributed by atoms with Gasteiger partial charge in [-0.05, 0) is 37.5 Å². The number of aliphatic carboxylic acids is 1. The summed E-state index contributed by atoms with van der Waals surface area (Å²) < 4.78 is 17.0. The van der Waals surface area contributed by atoms with Crippen molar-refractivity contribution >= 4 is 17.6 Å². The second-order valence-corrected chi connectivity index (χ2v) is 7.63. The SMILES string of the molecule is O=C(O)C[C@H]1C[C@@H]2c3cc(NC(=O)C4CCOCC4)ccc3O[C@@H]2[C@@H](CO)O1. The molecule has 8 heteroatoms. The van der Waals surface area contributed by atoms with Gasteiger partial charge in [-0.3, -0.25) is 9.59 Å². The van der Waals surface area contributed by atoms with Crippen molar-refractivity contribution in [3.8, 4) is 5.75 Å². The van der Waals surface area contributed by atoms with Crippen molar-refractivity contribution in [2.45, 2.75) is 49.9 Å². The lowest BCUT2D eigenvalue weighted by Gasteiger charge is -2.36. The number of carbonyl (C=O) groups is 2. The predicted octanol–water partition coefficient (Wildman–Crippen LogP) is 1.52. The van der Waals surface area contributed by atoms with E-state index < -0.39 is 18.2 Å². The summed E-state index contributed by atoms with van der Waals surface area (Å²) in [6, 6.07) is 5.51. The molecule has 3 heterocycles. The maximum atomic E-state index is 12.5. The zero-order chi connectivity index (χ0) is 19.7. The summed E-state index contributed by atoms with van der Waals surface area (Å²) in [5.74, 6) is -0.380. The molecule has 0 unspecified atom stereocenters. The molecule has 0 spiro atoms. The van der Waals surface area contributed by atoms with Crippen LogP contribution < -0.4 is 10.1 Å². The van der Waals surface area contributed by atoms with Crippen LogP contribution in [0.5, 0.6) is 5.75 Å². The second kappa shape index (κ2) is 8.06. The number of carbonyl (C=O) groups excluding carboxylic acids is 1. The van der Waals surface area contributed by atoms with E-state index in [1.807, 2.05) is 12.1 Å². The largest absolute Gasteiger partial charge is 0.487 e. The first kappa shape index (κ1) is 19.2. The number of hydrogen-bond donors (Lipinski definition) is 3. The quantitative estimate of drug-likeness (QED) is 0.697. The van der Waals surface area contributed by atoms with Gasteiger partial charge in [0.2, 0.25) is 5.91 Å². The van der Waals surface area contributed by atoms with Gasteiger partial charge in [0, 0.05) is 36.3 Å². The first-order valence-corrected chi connectivity index (χ1v) is 9.72. The molecule has 3 aliphatic heterocycles. The molecule has 0 aliphatic carbocycles. The van der Waals surface area contributed by atoms with E-state index in [9.17, 15) is 14.7 Å². The maximum absolute atomic E-state index is 12.5. The summed E-state index contributed by atoms with van der Waals surface area (Å²) in [6.07, 6.45) is 0.411. The molecule has 0 aromatic heterocycles. The number of nitrogens with one attached hydrogen (secondary N) is 1. The van der Waals surface area contributed by atoms with Crippen LogP contribution in [0.2, 0.25) is 0 Å². The van der Waals surface area contributed by atoms with E-state index in [0.717, 1.165) is 18.4 Å². The number of fused-ring (bicyclic) bond motifs is 3. The van der Waals surface area contributed by atoms with Crippen LogP contribution >= 0.6 is 0 Å². The highest BCUT2D eigenvalue weighted by Gasteiger charge is 2.46. The highest BCUT2D eigenvalue weighted by molar-refractivity contribution is 5.92. The van der Waals surface area contributed by atoms with Crippen molar-refractivity contribution < 1.29 is 34.0 Å². The number of hydrogen-bond acceptors (Lipinski definition) is 6. The first-order valence-electron chi connectivity index (χ1n) is 9.72. The Kier molecular flexibility index (Phi) is 5.52. The van der Waals surface area contributed by atoms with E-state index in [1.54, 1.807) is 6.07 Å². The van der Waals surface area contributed by atoms with E-state index in [-0.39, 0.29) is 36.9 Å². The normalized spacial score (nSPS) is 29.5. The molecule has 3 aliphatic rings. The number of amides is 1. The van der Waals surface area contributed by atoms with Gasteiger partial charge in [0.1, 0.15) is 18.0 Å². The third-order valence-electron chi connectivity index (χ3n) is 5.76. The fourth-order valence-corrected chi connectivity index (χ4v) is 4.37. The van der Waals surface area contributed by atoms with Gasteiger partial charge >= 0.3 is 5.97 Å². The Morgan fingerprint density at radius 2 is 2.00 bits per heavy atom. The Hall–Kier alpha value is -2.16. The number of rotatable bonds is 5. The van der Waals surface area contributed by atoms with Crippen molar-refractivity contribution in [1.29, 1.82) is 0 Å². The number of benzene rings is 1. The molecule has 1 aromatic rings. The maximum Gasteiger partial charge on any atom is 0.305 e. The smallest absolute Gasteiger partial charge is 0.305 e. The first-order chi connectivity index (χ1) is 13.5. The van der Waals surface area contributed by atoms with Gasteiger partial charge in [0.15, 0.2) is 0 Å². The van der Waals surface area contributed by atoms with Crippen molar-refractivity contribution in [2.24, 2.45) is 5.92 Å². The topological polar surface area (TPSA) is 114 Å². The number of ether oxygens (including phenoxy) is 3. The van der Waals surface area contributed by atoms with Gasteiger partial charge in [0.25, 0.3) is 0 Å². The Morgan fingerprint density at radius 3 is 2.71 bits per heavy atom. The molecule has 1 amide bonds. The van der Waals surface area contributed by atoms with Gasteiger partial charge in [-0.25, -0.2) is 0 Å². The second-order valence-electron chi connectivity index (χ2n) is 7.63. The molecule has 0 radical (unpaired) electrons. The molecule has 8 nitrogen and oxygen atoms in total. The minimum Gasteiger partial charge on any atom is -0.487 e. The van der Waals surface area contributed by atoms with Crippen molar-refractivity contribution in [2.75, 3.05) is 25.1 Å². The van der Waals surface area contributed by atoms with E-state index in [0.29, 0.717) is 31.1 Å². The van der Waals surface area contributed by atoms with E-state index >= 15 is 0 Å². The summed E-state index contributed by atoms with van der Waals surface area (Å²) >= 11 is 0. The van der Waals surface area contributed by atoms with Crippen LogP contribution in [0.25, 0.3) is 0 Å². The lowest BCUT2D eigenvalue weighted by Crippen LogP contribution is -2.46. The van der Waals surface area contributed by atoms with Crippen molar-refractivity contribution in [3.05, 3.63) is 23.8 Å². The number of carboxylic acids is 1. The zero-order valence-electron chi connectivity index (χ0n) is 15.5. The lowest BCUT2D eigenvalue weighted by atomic mass is 9.84. The Balaban J connectivity index is 1.51. The van der Waals surface area contributed by atoms with Crippen molar-refractivity contribution in [1.82, 2.24) is 0 Å². The van der Waals surface area contributed by atoms with Crippen LogP contribution in [-0.2, 0) is 19.1 Å². The molecular formula is C20H25NO7. The number of aliphatic hydroxyl groups is 1. The molecular weight excluding hydrogens is 366 g/mol. The third kappa shape index (κ3) is 3.85. The Labute approximate surface area is 162 Å². The predicted molar refractivity (Wildman–Crippen MR) is 98.4 cm³/mol. The standard InChI is InChI=1S/C20H25NO7/c22-10-17-19-15(8-13(27-17)9-18(23)24)14-7-12(1-2-16(14)28-19)21-20(25)11-3-5-26-6-4-11/h1-2,7,11,13,15,17,19,22H,3-6,8-10H2,(H,21,25)(H,23,24)/t13-,15-,17-,19+/m1/s1. The van der Waals surface area contributed by atoms with E-state index in [1.165, 1.54) is 0 Å². The minimum atomic E-state index is -0.934.